The normalized spacial score (nSPS) is 20.5. The maximum Gasteiger partial charge on any atom is 0.0615 e. The molecular formula is C18H26O. The first kappa shape index (κ1) is 14.3. The van der Waals surface area contributed by atoms with E-state index in [1.807, 2.05) is 12.2 Å². The fourth-order valence-electron chi connectivity index (χ4n) is 3.10. The van der Waals surface area contributed by atoms with Crippen LogP contribution in [0, 0.1) is 6.92 Å². The van der Waals surface area contributed by atoms with E-state index in [0.29, 0.717) is 0 Å². The van der Waals surface area contributed by atoms with Crippen LogP contribution in [0.25, 0.3) is 6.08 Å². The van der Waals surface area contributed by atoms with Crippen molar-refractivity contribution in [2.24, 2.45) is 0 Å². The smallest absolute Gasteiger partial charge is 0.0615 e. The molecule has 1 aliphatic carbocycles. The number of aliphatic hydroxyl groups excluding tert-OH is 1. The van der Waals surface area contributed by atoms with Crippen LogP contribution in [-0.2, 0) is 10.8 Å². The third-order valence-electron chi connectivity index (χ3n) is 4.64. The summed E-state index contributed by atoms with van der Waals surface area (Å²) in [5.41, 5.74) is 6.04. The van der Waals surface area contributed by atoms with Crippen LogP contribution in [0.15, 0.2) is 18.2 Å². The summed E-state index contributed by atoms with van der Waals surface area (Å²) < 4.78 is 0. The Bertz CT molecular complexity index is 507. The maximum absolute atomic E-state index is 8.96. The predicted octanol–water partition coefficient (Wildman–Crippen LogP) is 4.35. The lowest BCUT2D eigenvalue weighted by molar-refractivity contribution is 0.331. The molecule has 0 unspecified atom stereocenters. The quantitative estimate of drug-likeness (QED) is 0.836. The van der Waals surface area contributed by atoms with Gasteiger partial charge in [-0.3, -0.25) is 0 Å². The second-order valence-electron chi connectivity index (χ2n) is 7.11. The fourth-order valence-corrected chi connectivity index (χ4v) is 3.10. The Labute approximate surface area is 117 Å². The van der Waals surface area contributed by atoms with Crippen LogP contribution >= 0.6 is 0 Å². The highest BCUT2D eigenvalue weighted by Crippen LogP contribution is 2.46. The van der Waals surface area contributed by atoms with Crippen molar-refractivity contribution in [3.8, 4) is 0 Å². The maximum atomic E-state index is 8.96. The Morgan fingerprint density at radius 3 is 2.11 bits per heavy atom. The molecule has 0 atom stereocenters. The summed E-state index contributed by atoms with van der Waals surface area (Å²) >= 11 is 0. The minimum Gasteiger partial charge on any atom is -0.392 e. The molecular weight excluding hydrogens is 232 g/mol. The Hall–Kier alpha value is -1.08. The Morgan fingerprint density at radius 1 is 1.05 bits per heavy atom. The van der Waals surface area contributed by atoms with Crippen molar-refractivity contribution in [1.82, 2.24) is 0 Å². The molecule has 0 heterocycles. The van der Waals surface area contributed by atoms with E-state index in [2.05, 4.69) is 46.8 Å². The Morgan fingerprint density at radius 2 is 1.58 bits per heavy atom. The van der Waals surface area contributed by atoms with Gasteiger partial charge in [-0.15, -0.1) is 0 Å². The number of aliphatic hydroxyl groups is 1. The monoisotopic (exact) mass is 258 g/mol. The highest BCUT2D eigenvalue weighted by molar-refractivity contribution is 5.59. The molecule has 1 aromatic rings. The number of benzene rings is 1. The van der Waals surface area contributed by atoms with Gasteiger partial charge in [-0.25, -0.2) is 0 Å². The highest BCUT2D eigenvalue weighted by Gasteiger charge is 2.37. The van der Waals surface area contributed by atoms with Gasteiger partial charge in [0.1, 0.15) is 0 Å². The minimum absolute atomic E-state index is 0.103. The van der Waals surface area contributed by atoms with Gasteiger partial charge in [0, 0.05) is 0 Å². The number of hydrogen-bond donors (Lipinski definition) is 1. The molecule has 104 valence electrons. The van der Waals surface area contributed by atoms with Gasteiger partial charge in [-0.2, -0.15) is 0 Å². The third kappa shape index (κ3) is 2.62. The van der Waals surface area contributed by atoms with Crippen LogP contribution in [0.1, 0.15) is 62.8 Å². The summed E-state index contributed by atoms with van der Waals surface area (Å²) in [5, 5.41) is 8.96. The van der Waals surface area contributed by atoms with E-state index in [9.17, 15) is 0 Å². The number of aryl methyl sites for hydroxylation is 1. The molecule has 0 spiro atoms. The molecule has 0 aromatic heterocycles. The fraction of sp³-hybridized carbons (Fsp3) is 0.556. The van der Waals surface area contributed by atoms with E-state index in [4.69, 9.17) is 5.11 Å². The van der Waals surface area contributed by atoms with E-state index in [1.165, 1.54) is 35.1 Å². The molecule has 0 saturated heterocycles. The van der Waals surface area contributed by atoms with Gasteiger partial charge in [0.15, 0.2) is 0 Å². The lowest BCUT2D eigenvalue weighted by Gasteiger charge is -2.42. The summed E-state index contributed by atoms with van der Waals surface area (Å²) in [6.45, 7) is 11.7. The van der Waals surface area contributed by atoms with Crippen molar-refractivity contribution in [3.63, 3.8) is 0 Å². The van der Waals surface area contributed by atoms with Crippen molar-refractivity contribution in [1.29, 1.82) is 0 Å². The molecule has 1 nitrogen and oxygen atoms in total. The lowest BCUT2D eigenvalue weighted by Crippen LogP contribution is -2.34. The van der Waals surface area contributed by atoms with E-state index in [0.717, 1.165) is 0 Å². The highest BCUT2D eigenvalue weighted by atomic mass is 16.2. The summed E-state index contributed by atoms with van der Waals surface area (Å²) in [7, 11) is 0. The van der Waals surface area contributed by atoms with Gasteiger partial charge < -0.3 is 5.11 Å². The average Bonchev–Trinajstić information content (AvgIpc) is 2.33. The summed E-state index contributed by atoms with van der Waals surface area (Å²) in [4.78, 5) is 0. The van der Waals surface area contributed by atoms with Gasteiger partial charge in [-0.05, 0) is 52.8 Å². The van der Waals surface area contributed by atoms with Crippen LogP contribution in [0.4, 0.5) is 0 Å². The van der Waals surface area contributed by atoms with Crippen molar-refractivity contribution in [3.05, 3.63) is 40.5 Å². The lowest BCUT2D eigenvalue weighted by atomic mass is 9.62. The SMILES string of the molecule is Cc1cc2c(cc1/C=C/CO)C(C)(C)CCC2(C)C. The molecule has 0 amide bonds. The molecule has 2 rings (SSSR count). The van der Waals surface area contributed by atoms with Gasteiger partial charge in [0.05, 0.1) is 6.61 Å². The van der Waals surface area contributed by atoms with Gasteiger partial charge in [0.25, 0.3) is 0 Å². The molecule has 0 bridgehead atoms. The van der Waals surface area contributed by atoms with Gasteiger partial charge in [-0.1, -0.05) is 52.0 Å². The first-order valence-corrected chi connectivity index (χ1v) is 7.21. The second kappa shape index (κ2) is 4.79. The molecule has 19 heavy (non-hydrogen) atoms. The summed E-state index contributed by atoms with van der Waals surface area (Å²) in [6.07, 6.45) is 6.33. The van der Waals surface area contributed by atoms with Crippen LogP contribution in [-0.4, -0.2) is 11.7 Å². The number of fused-ring (bicyclic) bond motifs is 1. The van der Waals surface area contributed by atoms with Crippen LogP contribution < -0.4 is 0 Å². The zero-order chi connectivity index (χ0) is 14.3. The Kier molecular flexibility index (Phi) is 3.61. The summed E-state index contributed by atoms with van der Waals surface area (Å²) in [5.74, 6) is 0. The zero-order valence-corrected chi connectivity index (χ0v) is 12.9. The zero-order valence-electron chi connectivity index (χ0n) is 12.9. The van der Waals surface area contributed by atoms with Gasteiger partial charge in [0.2, 0.25) is 0 Å². The van der Waals surface area contributed by atoms with E-state index in [-0.39, 0.29) is 17.4 Å². The largest absolute Gasteiger partial charge is 0.392 e. The molecule has 1 N–H and O–H groups in total. The predicted molar refractivity (Wildman–Crippen MR) is 82.6 cm³/mol. The minimum atomic E-state index is 0.103. The topological polar surface area (TPSA) is 20.2 Å². The van der Waals surface area contributed by atoms with Gasteiger partial charge >= 0.3 is 0 Å². The molecule has 0 radical (unpaired) electrons. The first-order valence-electron chi connectivity index (χ1n) is 7.21. The molecule has 1 heteroatoms. The molecule has 0 fully saturated rings. The molecule has 1 aromatic carbocycles. The van der Waals surface area contributed by atoms with Crippen molar-refractivity contribution >= 4 is 6.08 Å². The van der Waals surface area contributed by atoms with Crippen molar-refractivity contribution < 1.29 is 5.11 Å². The molecule has 1 aliphatic rings. The third-order valence-corrected chi connectivity index (χ3v) is 4.64. The Balaban J connectivity index is 2.61. The second-order valence-corrected chi connectivity index (χ2v) is 7.11. The van der Waals surface area contributed by atoms with E-state index < -0.39 is 0 Å². The first-order chi connectivity index (χ1) is 8.78. The van der Waals surface area contributed by atoms with Crippen molar-refractivity contribution in [2.75, 3.05) is 6.61 Å². The molecule has 0 aliphatic heterocycles. The van der Waals surface area contributed by atoms with E-state index in [1.54, 1.807) is 0 Å². The summed E-state index contributed by atoms with van der Waals surface area (Å²) in [6, 6.07) is 4.69. The van der Waals surface area contributed by atoms with Crippen LogP contribution in [0.5, 0.6) is 0 Å². The van der Waals surface area contributed by atoms with Crippen LogP contribution in [0.3, 0.4) is 0 Å². The average molecular weight is 258 g/mol. The standard InChI is InChI=1S/C18H26O/c1-13-11-15-16(12-14(13)7-6-10-19)18(4,5)9-8-17(15,2)3/h6-7,11-12,19H,8-10H2,1-5H3/b7-6+. The number of hydrogen-bond acceptors (Lipinski definition) is 1. The van der Waals surface area contributed by atoms with Crippen molar-refractivity contribution in [2.45, 2.75) is 58.3 Å². The molecule has 0 saturated carbocycles. The number of rotatable bonds is 2. The van der Waals surface area contributed by atoms with E-state index >= 15 is 0 Å². The van der Waals surface area contributed by atoms with Crippen LogP contribution in [0.2, 0.25) is 0 Å².